The summed E-state index contributed by atoms with van der Waals surface area (Å²) in [6.07, 6.45) is 3.70. The van der Waals surface area contributed by atoms with E-state index in [4.69, 9.17) is 16.6 Å². The monoisotopic (exact) mass is 411 g/mol. The Labute approximate surface area is 173 Å². The van der Waals surface area contributed by atoms with Gasteiger partial charge in [0.05, 0.1) is 16.1 Å². The van der Waals surface area contributed by atoms with Crippen molar-refractivity contribution in [3.8, 4) is 11.4 Å². The molecule has 3 aromatic rings. The Morgan fingerprint density at radius 2 is 1.97 bits per heavy atom. The van der Waals surface area contributed by atoms with Gasteiger partial charge >= 0.3 is 0 Å². The molecule has 2 saturated heterocycles. The lowest BCUT2D eigenvalue weighted by Gasteiger charge is -2.41. The fourth-order valence-corrected chi connectivity index (χ4v) is 4.90. The third-order valence-electron chi connectivity index (χ3n) is 6.10. The number of aryl methyl sites for hydroxylation is 1. The molecule has 8 heteroatoms. The lowest BCUT2D eigenvalue weighted by atomic mass is 10.1. The Morgan fingerprint density at radius 3 is 2.66 bits per heavy atom. The number of amides is 1. The molecule has 150 valence electrons. The zero-order valence-corrected chi connectivity index (χ0v) is 16.9. The second kappa shape index (κ2) is 7.00. The lowest BCUT2D eigenvalue weighted by molar-refractivity contribution is -0.135. The maximum Gasteiger partial charge on any atom is 0.248 e. The molecule has 0 aliphatic carbocycles. The Morgan fingerprint density at radius 1 is 1.24 bits per heavy atom. The summed E-state index contributed by atoms with van der Waals surface area (Å²) < 4.78 is 2.05. The first-order chi connectivity index (χ1) is 14.1. The van der Waals surface area contributed by atoms with Crippen molar-refractivity contribution in [2.75, 3.05) is 24.6 Å². The van der Waals surface area contributed by atoms with Gasteiger partial charge in [0, 0.05) is 44.0 Å². The fourth-order valence-electron chi connectivity index (χ4n) is 4.71. The van der Waals surface area contributed by atoms with Gasteiger partial charge in [0.15, 0.2) is 0 Å². The minimum atomic E-state index is -0.435. The van der Waals surface area contributed by atoms with Gasteiger partial charge in [0.25, 0.3) is 0 Å². The number of aromatic nitrogens is 3. The zero-order valence-electron chi connectivity index (χ0n) is 16.1. The predicted octanol–water partition coefficient (Wildman–Crippen LogP) is 2.46. The van der Waals surface area contributed by atoms with Crippen LogP contribution in [-0.4, -0.2) is 62.2 Å². The van der Waals surface area contributed by atoms with Gasteiger partial charge in [-0.25, -0.2) is 9.97 Å². The third-order valence-corrected chi connectivity index (χ3v) is 6.40. The number of hydrogen-bond acceptors (Lipinski definition) is 5. The lowest BCUT2D eigenvalue weighted by Crippen LogP contribution is -2.56. The van der Waals surface area contributed by atoms with Crippen LogP contribution in [0.25, 0.3) is 22.4 Å². The summed E-state index contributed by atoms with van der Waals surface area (Å²) in [7, 11) is 1.99. The van der Waals surface area contributed by atoms with Crippen molar-refractivity contribution in [3.05, 3.63) is 41.6 Å². The van der Waals surface area contributed by atoms with Crippen molar-refractivity contribution >= 4 is 34.4 Å². The Bertz CT molecular complexity index is 1080. The maximum absolute atomic E-state index is 11.9. The van der Waals surface area contributed by atoms with E-state index < -0.39 is 6.61 Å². The highest BCUT2D eigenvalue weighted by Crippen LogP contribution is 2.37. The molecule has 2 aliphatic rings. The first-order valence-corrected chi connectivity index (χ1v) is 10.2. The first kappa shape index (κ1) is 18.4. The number of likely N-dealkylation sites (tertiary alicyclic amines) is 1. The highest BCUT2D eigenvalue weighted by Gasteiger charge is 2.42. The van der Waals surface area contributed by atoms with E-state index in [2.05, 4.69) is 9.88 Å². The minimum absolute atomic E-state index is 0.200. The van der Waals surface area contributed by atoms with Crippen LogP contribution in [0.15, 0.2) is 36.5 Å². The molecule has 2 bridgehead atoms. The molecule has 29 heavy (non-hydrogen) atoms. The SMILES string of the molecule is Cn1c(-c2cc(N3[C@@H]4CC[C@H]3CN(C(=O)CO)C4)ncc2Cl)nc2ccccc21. The van der Waals surface area contributed by atoms with Crippen molar-refractivity contribution in [3.63, 3.8) is 0 Å². The number of pyridine rings is 1. The van der Waals surface area contributed by atoms with Crippen LogP contribution in [0.2, 0.25) is 5.02 Å². The Balaban J connectivity index is 1.52. The quantitative estimate of drug-likeness (QED) is 0.716. The summed E-state index contributed by atoms with van der Waals surface area (Å²) in [6, 6.07) is 10.4. The molecule has 2 atom stereocenters. The topological polar surface area (TPSA) is 74.5 Å². The van der Waals surface area contributed by atoms with E-state index in [1.54, 1.807) is 11.1 Å². The number of hydrogen-bond donors (Lipinski definition) is 1. The number of aliphatic hydroxyl groups excluding tert-OH is 1. The van der Waals surface area contributed by atoms with Crippen LogP contribution >= 0.6 is 11.6 Å². The number of carbonyl (C=O) groups is 1. The number of aliphatic hydroxyl groups is 1. The number of carbonyl (C=O) groups excluding carboxylic acids is 1. The number of para-hydroxylation sites is 2. The standard InChI is InChI=1S/C21H22ClN5O2/c1-25-18-5-3-2-4-17(18)24-21(25)15-8-19(23-9-16(15)22)27-13-6-7-14(27)11-26(10-13)20(29)12-28/h2-5,8-9,13-14,28H,6-7,10-12H2,1H3/t13-,14+. The van der Waals surface area contributed by atoms with Crippen LogP contribution < -0.4 is 4.90 Å². The number of halogens is 1. The van der Waals surface area contributed by atoms with Gasteiger partial charge in [0.2, 0.25) is 5.91 Å². The van der Waals surface area contributed by atoms with Crippen molar-refractivity contribution in [1.29, 1.82) is 0 Å². The molecule has 1 N–H and O–H groups in total. The van der Waals surface area contributed by atoms with Crippen molar-refractivity contribution in [1.82, 2.24) is 19.4 Å². The van der Waals surface area contributed by atoms with E-state index in [0.29, 0.717) is 18.1 Å². The van der Waals surface area contributed by atoms with Gasteiger partial charge in [-0.15, -0.1) is 0 Å². The molecule has 5 rings (SSSR count). The summed E-state index contributed by atoms with van der Waals surface area (Å²) in [5.74, 6) is 1.47. The average Bonchev–Trinajstić information content (AvgIpc) is 3.21. The number of imidazole rings is 1. The molecule has 7 nitrogen and oxygen atoms in total. The highest BCUT2D eigenvalue weighted by atomic mass is 35.5. The average molecular weight is 412 g/mol. The normalized spacial score (nSPS) is 21.2. The van der Waals surface area contributed by atoms with E-state index in [0.717, 1.165) is 41.1 Å². The smallest absolute Gasteiger partial charge is 0.248 e. The van der Waals surface area contributed by atoms with Crippen LogP contribution in [0.5, 0.6) is 0 Å². The van der Waals surface area contributed by atoms with Crippen LogP contribution in [0.3, 0.4) is 0 Å². The third kappa shape index (κ3) is 2.96. The summed E-state index contributed by atoms with van der Waals surface area (Å²) in [5.41, 5.74) is 2.83. The molecule has 0 unspecified atom stereocenters. The van der Waals surface area contributed by atoms with Crippen LogP contribution in [0, 0.1) is 0 Å². The minimum Gasteiger partial charge on any atom is -0.387 e. The van der Waals surface area contributed by atoms with Crippen molar-refractivity contribution < 1.29 is 9.90 Å². The number of anilines is 1. The molecule has 0 spiro atoms. The summed E-state index contributed by atoms with van der Waals surface area (Å²) >= 11 is 6.53. The number of nitrogens with zero attached hydrogens (tertiary/aromatic N) is 5. The van der Waals surface area contributed by atoms with Gasteiger partial charge in [0.1, 0.15) is 18.2 Å². The number of piperazine rings is 1. The van der Waals surface area contributed by atoms with Crippen LogP contribution in [0.4, 0.5) is 5.82 Å². The molecule has 0 radical (unpaired) electrons. The van der Waals surface area contributed by atoms with Gasteiger partial charge < -0.3 is 19.5 Å². The van der Waals surface area contributed by atoms with Crippen molar-refractivity contribution in [2.24, 2.45) is 7.05 Å². The molecule has 2 aliphatic heterocycles. The summed E-state index contributed by atoms with van der Waals surface area (Å²) in [6.45, 7) is 0.791. The zero-order chi connectivity index (χ0) is 20.1. The van der Waals surface area contributed by atoms with Crippen LogP contribution in [-0.2, 0) is 11.8 Å². The molecule has 1 amide bonds. The van der Waals surface area contributed by atoms with E-state index >= 15 is 0 Å². The predicted molar refractivity (Wildman–Crippen MR) is 112 cm³/mol. The number of rotatable bonds is 3. The Kier molecular flexibility index (Phi) is 4.44. The second-order valence-electron chi connectivity index (χ2n) is 7.75. The molecule has 2 fully saturated rings. The molecule has 1 aromatic carbocycles. The Hall–Kier alpha value is -2.64. The number of benzene rings is 1. The largest absolute Gasteiger partial charge is 0.387 e. The van der Waals surface area contributed by atoms with Crippen LogP contribution in [0.1, 0.15) is 12.8 Å². The summed E-state index contributed by atoms with van der Waals surface area (Å²) in [5, 5.41) is 9.76. The molecule has 4 heterocycles. The van der Waals surface area contributed by atoms with E-state index in [1.807, 2.05) is 41.9 Å². The van der Waals surface area contributed by atoms with Gasteiger partial charge in [-0.1, -0.05) is 23.7 Å². The highest BCUT2D eigenvalue weighted by molar-refractivity contribution is 6.33. The molecule has 2 aromatic heterocycles. The van der Waals surface area contributed by atoms with Gasteiger partial charge in [-0.2, -0.15) is 0 Å². The second-order valence-corrected chi connectivity index (χ2v) is 8.16. The van der Waals surface area contributed by atoms with Gasteiger partial charge in [-0.05, 0) is 31.0 Å². The van der Waals surface area contributed by atoms with E-state index in [1.165, 1.54) is 0 Å². The maximum atomic E-state index is 11.9. The molecule has 0 saturated carbocycles. The molecular formula is C21H22ClN5O2. The first-order valence-electron chi connectivity index (χ1n) is 9.81. The fraction of sp³-hybridized carbons (Fsp3) is 0.381. The molecular weight excluding hydrogens is 390 g/mol. The van der Waals surface area contributed by atoms with Gasteiger partial charge in [-0.3, -0.25) is 4.79 Å². The van der Waals surface area contributed by atoms with E-state index in [9.17, 15) is 9.90 Å². The van der Waals surface area contributed by atoms with Crippen molar-refractivity contribution in [2.45, 2.75) is 24.9 Å². The number of fused-ring (bicyclic) bond motifs is 3. The van der Waals surface area contributed by atoms with E-state index in [-0.39, 0.29) is 18.0 Å². The summed E-state index contributed by atoms with van der Waals surface area (Å²) in [4.78, 5) is 25.4.